The molecule has 1 N–H and O–H groups in total. The molecule has 2 aromatic rings. The summed E-state index contributed by atoms with van der Waals surface area (Å²) in [5.74, 6) is 1.88. The van der Waals surface area contributed by atoms with E-state index in [0.29, 0.717) is 29.4 Å². The second kappa shape index (κ2) is 8.82. The molecule has 0 atom stereocenters. The van der Waals surface area contributed by atoms with Gasteiger partial charge in [-0.1, -0.05) is 18.2 Å². The van der Waals surface area contributed by atoms with Crippen LogP contribution in [0.3, 0.4) is 0 Å². The Bertz CT molecular complexity index is 685. The van der Waals surface area contributed by atoms with Gasteiger partial charge in [-0.3, -0.25) is 4.79 Å². The summed E-state index contributed by atoms with van der Waals surface area (Å²) in [5, 5.41) is 2.92. The standard InChI is InChI=1S/C19H23NO4/c1-22-16-9-5-4-8-15(16)19(21)20-12-6-7-14-10-11-17(23-2)18(13-14)24-3/h4-5,8-11,13H,6-7,12H2,1-3H3,(H,20,21). The number of rotatable bonds is 8. The first-order valence-electron chi connectivity index (χ1n) is 7.81. The summed E-state index contributed by atoms with van der Waals surface area (Å²) in [6.45, 7) is 0.589. The first-order valence-corrected chi connectivity index (χ1v) is 7.81. The average Bonchev–Trinajstić information content (AvgIpc) is 2.64. The van der Waals surface area contributed by atoms with Crippen molar-refractivity contribution in [3.63, 3.8) is 0 Å². The van der Waals surface area contributed by atoms with Crippen LogP contribution in [-0.4, -0.2) is 33.8 Å². The quantitative estimate of drug-likeness (QED) is 0.756. The predicted molar refractivity (Wildman–Crippen MR) is 93.2 cm³/mol. The van der Waals surface area contributed by atoms with Crippen molar-refractivity contribution in [3.8, 4) is 17.2 Å². The highest BCUT2D eigenvalue weighted by atomic mass is 16.5. The maximum atomic E-state index is 12.2. The third-order valence-electron chi connectivity index (χ3n) is 3.73. The lowest BCUT2D eigenvalue weighted by Gasteiger charge is -2.11. The molecule has 2 rings (SSSR count). The van der Waals surface area contributed by atoms with E-state index in [4.69, 9.17) is 14.2 Å². The molecule has 2 aromatic carbocycles. The van der Waals surface area contributed by atoms with Crippen molar-refractivity contribution in [3.05, 3.63) is 53.6 Å². The minimum Gasteiger partial charge on any atom is -0.496 e. The Morgan fingerprint density at radius 1 is 0.917 bits per heavy atom. The van der Waals surface area contributed by atoms with Crippen LogP contribution in [0.1, 0.15) is 22.3 Å². The van der Waals surface area contributed by atoms with E-state index < -0.39 is 0 Å². The molecule has 0 saturated heterocycles. The second-order valence-corrected chi connectivity index (χ2v) is 5.25. The van der Waals surface area contributed by atoms with Gasteiger partial charge in [-0.15, -0.1) is 0 Å². The Hall–Kier alpha value is -2.69. The molecule has 0 unspecified atom stereocenters. The highest BCUT2D eigenvalue weighted by Crippen LogP contribution is 2.27. The highest BCUT2D eigenvalue weighted by Gasteiger charge is 2.10. The molecule has 24 heavy (non-hydrogen) atoms. The summed E-state index contributed by atoms with van der Waals surface area (Å²) in [5.41, 5.74) is 1.69. The monoisotopic (exact) mass is 329 g/mol. The predicted octanol–water partition coefficient (Wildman–Crippen LogP) is 3.08. The number of carbonyl (C=O) groups excluding carboxylic acids is 1. The van der Waals surface area contributed by atoms with Gasteiger partial charge >= 0.3 is 0 Å². The Labute approximate surface area is 142 Å². The molecule has 0 aromatic heterocycles. The van der Waals surface area contributed by atoms with Gasteiger partial charge in [-0.2, -0.15) is 0 Å². The van der Waals surface area contributed by atoms with Gasteiger partial charge in [-0.25, -0.2) is 0 Å². The number of nitrogens with one attached hydrogen (secondary N) is 1. The summed E-state index contributed by atoms with van der Waals surface area (Å²) in [6, 6.07) is 13.0. The van der Waals surface area contributed by atoms with Crippen molar-refractivity contribution in [1.82, 2.24) is 5.32 Å². The van der Waals surface area contributed by atoms with E-state index in [1.54, 1.807) is 33.5 Å². The number of benzene rings is 2. The smallest absolute Gasteiger partial charge is 0.255 e. The lowest BCUT2D eigenvalue weighted by atomic mass is 10.1. The Morgan fingerprint density at radius 2 is 1.62 bits per heavy atom. The SMILES string of the molecule is COc1ccc(CCCNC(=O)c2ccccc2OC)cc1OC. The number of methoxy groups -OCH3 is 3. The first-order chi connectivity index (χ1) is 11.7. The van der Waals surface area contributed by atoms with Crippen LogP contribution in [0.15, 0.2) is 42.5 Å². The van der Waals surface area contributed by atoms with Gasteiger partial charge in [0.15, 0.2) is 11.5 Å². The minimum atomic E-state index is -0.125. The highest BCUT2D eigenvalue weighted by molar-refractivity contribution is 5.96. The van der Waals surface area contributed by atoms with Crippen LogP contribution in [0.5, 0.6) is 17.2 Å². The van der Waals surface area contributed by atoms with E-state index in [1.165, 1.54) is 0 Å². The zero-order valence-corrected chi connectivity index (χ0v) is 14.3. The molecule has 0 aliphatic heterocycles. The van der Waals surface area contributed by atoms with Crippen molar-refractivity contribution < 1.29 is 19.0 Å². The third-order valence-corrected chi connectivity index (χ3v) is 3.73. The molecule has 0 fully saturated rings. The summed E-state index contributed by atoms with van der Waals surface area (Å²) in [6.07, 6.45) is 1.67. The molecule has 0 heterocycles. The van der Waals surface area contributed by atoms with Crippen LogP contribution >= 0.6 is 0 Å². The molecular weight excluding hydrogens is 306 g/mol. The molecule has 0 spiro atoms. The van der Waals surface area contributed by atoms with Gasteiger partial charge in [0, 0.05) is 6.54 Å². The summed E-state index contributed by atoms with van der Waals surface area (Å²) in [4.78, 5) is 12.2. The Kier molecular flexibility index (Phi) is 6.49. The fraction of sp³-hybridized carbons (Fsp3) is 0.316. The van der Waals surface area contributed by atoms with Crippen LogP contribution in [-0.2, 0) is 6.42 Å². The number of hydrogen-bond acceptors (Lipinski definition) is 4. The maximum Gasteiger partial charge on any atom is 0.255 e. The van der Waals surface area contributed by atoms with Gasteiger partial charge < -0.3 is 19.5 Å². The molecule has 0 radical (unpaired) electrons. The number of hydrogen-bond donors (Lipinski definition) is 1. The van der Waals surface area contributed by atoms with Crippen LogP contribution in [0.2, 0.25) is 0 Å². The Balaban J connectivity index is 1.85. The molecular formula is C19H23NO4. The van der Waals surface area contributed by atoms with E-state index in [1.807, 2.05) is 30.3 Å². The second-order valence-electron chi connectivity index (χ2n) is 5.25. The largest absolute Gasteiger partial charge is 0.496 e. The summed E-state index contributed by atoms with van der Waals surface area (Å²) < 4.78 is 15.7. The van der Waals surface area contributed by atoms with E-state index in [9.17, 15) is 4.79 Å². The zero-order chi connectivity index (χ0) is 17.4. The van der Waals surface area contributed by atoms with Crippen molar-refractivity contribution in [1.29, 1.82) is 0 Å². The van der Waals surface area contributed by atoms with E-state index in [0.717, 1.165) is 18.4 Å². The third kappa shape index (κ3) is 4.41. The summed E-state index contributed by atoms with van der Waals surface area (Å²) >= 11 is 0. The first kappa shape index (κ1) is 17.7. The van der Waals surface area contributed by atoms with Gasteiger partial charge in [0.2, 0.25) is 0 Å². The molecule has 0 aliphatic rings. The van der Waals surface area contributed by atoms with Gasteiger partial charge in [0.25, 0.3) is 5.91 Å². The minimum absolute atomic E-state index is 0.125. The Morgan fingerprint density at radius 3 is 2.33 bits per heavy atom. The van der Waals surface area contributed by atoms with E-state index in [-0.39, 0.29) is 5.91 Å². The molecule has 5 nitrogen and oxygen atoms in total. The van der Waals surface area contributed by atoms with Crippen LogP contribution in [0.4, 0.5) is 0 Å². The van der Waals surface area contributed by atoms with Crippen molar-refractivity contribution in [2.24, 2.45) is 0 Å². The molecule has 1 amide bonds. The van der Waals surface area contributed by atoms with Crippen molar-refractivity contribution >= 4 is 5.91 Å². The average molecular weight is 329 g/mol. The van der Waals surface area contributed by atoms with Gasteiger partial charge in [0.05, 0.1) is 26.9 Å². The maximum absolute atomic E-state index is 12.2. The van der Waals surface area contributed by atoms with Crippen LogP contribution < -0.4 is 19.5 Å². The fourth-order valence-corrected chi connectivity index (χ4v) is 2.46. The number of ether oxygens (including phenoxy) is 3. The molecule has 5 heteroatoms. The zero-order valence-electron chi connectivity index (χ0n) is 14.3. The number of carbonyl (C=O) groups is 1. The van der Waals surface area contributed by atoms with E-state index >= 15 is 0 Å². The number of amides is 1. The van der Waals surface area contributed by atoms with Crippen LogP contribution in [0, 0.1) is 0 Å². The summed E-state index contributed by atoms with van der Waals surface area (Å²) in [7, 11) is 4.79. The van der Waals surface area contributed by atoms with Gasteiger partial charge in [-0.05, 0) is 42.7 Å². The van der Waals surface area contributed by atoms with E-state index in [2.05, 4.69) is 5.32 Å². The molecule has 0 bridgehead atoms. The van der Waals surface area contributed by atoms with Gasteiger partial charge in [0.1, 0.15) is 5.75 Å². The molecule has 0 aliphatic carbocycles. The topological polar surface area (TPSA) is 56.8 Å². The number of aryl methyl sites for hydroxylation is 1. The van der Waals surface area contributed by atoms with Crippen molar-refractivity contribution in [2.45, 2.75) is 12.8 Å². The van der Waals surface area contributed by atoms with Crippen molar-refractivity contribution in [2.75, 3.05) is 27.9 Å². The number of para-hydroxylation sites is 1. The van der Waals surface area contributed by atoms with Crippen LogP contribution in [0.25, 0.3) is 0 Å². The molecule has 0 saturated carbocycles. The molecule has 128 valence electrons. The lowest BCUT2D eigenvalue weighted by Crippen LogP contribution is -2.25. The normalized spacial score (nSPS) is 10.1. The lowest BCUT2D eigenvalue weighted by molar-refractivity contribution is 0.0950. The fourth-order valence-electron chi connectivity index (χ4n) is 2.46.